The van der Waals surface area contributed by atoms with Crippen molar-refractivity contribution in [1.29, 1.82) is 0 Å². The molecule has 1 aromatic carbocycles. The number of methoxy groups -OCH3 is 1. The van der Waals surface area contributed by atoms with E-state index in [0.717, 1.165) is 17.1 Å². The van der Waals surface area contributed by atoms with E-state index in [1.54, 1.807) is 24.3 Å². The Hall–Kier alpha value is -3.79. The van der Waals surface area contributed by atoms with Crippen molar-refractivity contribution in [1.82, 2.24) is 30.0 Å². The van der Waals surface area contributed by atoms with Gasteiger partial charge in [-0.25, -0.2) is 4.98 Å². The molecule has 176 valence electrons. The van der Waals surface area contributed by atoms with Crippen LogP contribution in [0.3, 0.4) is 0 Å². The van der Waals surface area contributed by atoms with Gasteiger partial charge in [-0.05, 0) is 23.8 Å². The van der Waals surface area contributed by atoms with E-state index in [4.69, 9.17) is 9.47 Å². The molecule has 4 heterocycles. The van der Waals surface area contributed by atoms with Crippen LogP contribution in [0.5, 0.6) is 5.75 Å². The van der Waals surface area contributed by atoms with Gasteiger partial charge in [0.1, 0.15) is 17.2 Å². The van der Waals surface area contributed by atoms with Gasteiger partial charge in [-0.1, -0.05) is 12.1 Å². The van der Waals surface area contributed by atoms with Gasteiger partial charge in [0.05, 0.1) is 31.6 Å². The number of carbonyl (C=O) groups excluding carboxylic acids is 2. The van der Waals surface area contributed by atoms with Gasteiger partial charge in [0.25, 0.3) is 11.8 Å². The number of nitrogens with zero attached hydrogens (tertiary/aromatic N) is 5. The number of piperidine rings is 1. The molecular weight excluding hydrogens is 436 g/mol. The van der Waals surface area contributed by atoms with E-state index < -0.39 is 11.7 Å². The molecule has 2 aromatic heterocycles. The number of likely N-dealkylation sites (tertiary alicyclic amines) is 1. The van der Waals surface area contributed by atoms with Crippen molar-refractivity contribution >= 4 is 11.8 Å². The number of hydrogen-bond donors (Lipinski definition) is 1. The van der Waals surface area contributed by atoms with Crippen molar-refractivity contribution in [2.24, 2.45) is 0 Å². The normalized spacial score (nSPS) is 18.9. The Morgan fingerprint density at radius 3 is 2.82 bits per heavy atom. The summed E-state index contributed by atoms with van der Waals surface area (Å²) >= 11 is 0. The second kappa shape index (κ2) is 9.22. The number of imidazole rings is 1. The molecule has 1 spiro atoms. The summed E-state index contributed by atoms with van der Waals surface area (Å²) in [6.45, 7) is 1.76. The molecule has 2 aliphatic rings. The van der Waals surface area contributed by atoms with Crippen molar-refractivity contribution in [2.75, 3.05) is 20.2 Å². The molecule has 1 saturated heterocycles. The van der Waals surface area contributed by atoms with Crippen molar-refractivity contribution in [3.05, 3.63) is 72.1 Å². The van der Waals surface area contributed by atoms with Gasteiger partial charge in [-0.2, -0.15) is 10.2 Å². The van der Waals surface area contributed by atoms with E-state index in [-0.39, 0.29) is 11.8 Å². The molecular formula is C24H26N6O4. The van der Waals surface area contributed by atoms with Crippen LogP contribution in [-0.4, -0.2) is 62.8 Å². The van der Waals surface area contributed by atoms with Crippen molar-refractivity contribution in [3.8, 4) is 5.75 Å². The molecule has 3 aromatic rings. The first-order chi connectivity index (χ1) is 16.6. The lowest BCUT2D eigenvalue weighted by molar-refractivity contribution is -0.172. The van der Waals surface area contributed by atoms with Crippen LogP contribution >= 0.6 is 0 Å². The van der Waals surface area contributed by atoms with Gasteiger partial charge < -0.3 is 24.3 Å². The summed E-state index contributed by atoms with van der Waals surface area (Å²) < 4.78 is 13.7. The number of fused-ring (bicyclic) bond motifs is 2. The van der Waals surface area contributed by atoms with E-state index >= 15 is 0 Å². The third kappa shape index (κ3) is 4.24. The van der Waals surface area contributed by atoms with Crippen molar-refractivity contribution in [3.63, 3.8) is 0 Å². The maximum atomic E-state index is 13.1. The molecule has 10 heteroatoms. The van der Waals surface area contributed by atoms with Gasteiger partial charge in [-0.3, -0.25) is 9.59 Å². The van der Waals surface area contributed by atoms with E-state index in [0.29, 0.717) is 44.6 Å². The molecule has 0 radical (unpaired) electrons. The Labute approximate surface area is 196 Å². The molecule has 0 saturated carbocycles. The molecule has 5 rings (SSSR count). The van der Waals surface area contributed by atoms with Gasteiger partial charge in [0, 0.05) is 44.9 Å². The van der Waals surface area contributed by atoms with E-state index in [2.05, 4.69) is 20.5 Å². The largest absolute Gasteiger partial charge is 0.497 e. The van der Waals surface area contributed by atoms with Crippen LogP contribution in [0.2, 0.25) is 0 Å². The summed E-state index contributed by atoms with van der Waals surface area (Å²) in [5, 5.41) is 10.5. The fourth-order valence-corrected chi connectivity index (χ4v) is 4.63. The summed E-state index contributed by atoms with van der Waals surface area (Å²) in [6, 6.07) is 9.24. The molecule has 34 heavy (non-hydrogen) atoms. The first-order valence-corrected chi connectivity index (χ1v) is 11.2. The Balaban J connectivity index is 1.27. The highest BCUT2D eigenvalue weighted by Gasteiger charge is 2.47. The Bertz CT molecular complexity index is 1170. The molecule has 2 aliphatic heterocycles. The smallest absolute Gasteiger partial charge is 0.255 e. The Morgan fingerprint density at radius 1 is 1.21 bits per heavy atom. The maximum Gasteiger partial charge on any atom is 0.255 e. The molecule has 2 amide bonds. The third-order valence-electron chi connectivity index (χ3n) is 6.44. The van der Waals surface area contributed by atoms with Gasteiger partial charge in [-0.15, -0.1) is 0 Å². The van der Waals surface area contributed by atoms with Crippen LogP contribution < -0.4 is 10.1 Å². The number of amides is 2. The SMILES string of the molecule is COc1cccc(CNC(=O)[C@H]2Cn3ccnc3C3(CCN(C(=O)c4ccnnc4)CC3)O2)c1. The predicted molar refractivity (Wildman–Crippen MR) is 121 cm³/mol. The summed E-state index contributed by atoms with van der Waals surface area (Å²) in [5.74, 6) is 1.29. The molecule has 1 N–H and O–H groups in total. The lowest BCUT2D eigenvalue weighted by Crippen LogP contribution is -2.54. The minimum absolute atomic E-state index is 0.0866. The topological polar surface area (TPSA) is 111 Å². The average Bonchev–Trinajstić information content (AvgIpc) is 3.38. The fraction of sp³-hybridized carbons (Fsp3) is 0.375. The Morgan fingerprint density at radius 2 is 2.06 bits per heavy atom. The first kappa shape index (κ1) is 22.0. The fourth-order valence-electron chi connectivity index (χ4n) is 4.63. The average molecular weight is 463 g/mol. The van der Waals surface area contributed by atoms with Crippen molar-refractivity contribution < 1.29 is 19.1 Å². The van der Waals surface area contributed by atoms with Crippen LogP contribution in [-0.2, 0) is 28.2 Å². The summed E-state index contributed by atoms with van der Waals surface area (Å²) in [6.07, 6.45) is 7.04. The van der Waals surface area contributed by atoms with Crippen LogP contribution in [0.15, 0.2) is 55.1 Å². The van der Waals surface area contributed by atoms with Gasteiger partial charge in [0.2, 0.25) is 0 Å². The number of carbonyl (C=O) groups is 2. The minimum Gasteiger partial charge on any atom is -0.497 e. The zero-order valence-electron chi connectivity index (χ0n) is 18.9. The second-order valence-corrected chi connectivity index (χ2v) is 8.50. The quantitative estimate of drug-likeness (QED) is 0.612. The van der Waals surface area contributed by atoms with Crippen LogP contribution in [0.4, 0.5) is 0 Å². The number of nitrogens with one attached hydrogen (secondary N) is 1. The monoisotopic (exact) mass is 462 g/mol. The standard InChI is InChI=1S/C24H26N6O4/c1-33-19-4-2-3-17(13-19)14-26-21(31)20-16-30-12-9-25-23(30)24(34-20)6-10-29(11-7-24)22(32)18-5-8-27-28-15-18/h2-5,8-9,12-13,15,20H,6-7,10-11,14,16H2,1H3,(H,26,31)/t20-/m1/s1. The van der Waals surface area contributed by atoms with Crippen molar-refractivity contribution in [2.45, 2.75) is 37.6 Å². The molecule has 0 aliphatic carbocycles. The molecule has 0 bridgehead atoms. The van der Waals surface area contributed by atoms with Gasteiger partial charge >= 0.3 is 0 Å². The molecule has 1 fully saturated rings. The lowest BCUT2D eigenvalue weighted by atomic mass is 9.88. The third-order valence-corrected chi connectivity index (χ3v) is 6.44. The van der Waals surface area contributed by atoms with Crippen LogP contribution in [0.1, 0.15) is 34.6 Å². The highest BCUT2D eigenvalue weighted by molar-refractivity contribution is 5.93. The molecule has 1 atom stereocenters. The number of rotatable bonds is 5. The number of ether oxygens (including phenoxy) is 2. The highest BCUT2D eigenvalue weighted by Crippen LogP contribution is 2.40. The first-order valence-electron chi connectivity index (χ1n) is 11.2. The van der Waals surface area contributed by atoms with E-state index in [9.17, 15) is 9.59 Å². The summed E-state index contributed by atoms with van der Waals surface area (Å²) in [7, 11) is 1.61. The zero-order chi connectivity index (χ0) is 23.5. The molecule has 10 nitrogen and oxygen atoms in total. The number of aromatic nitrogens is 4. The number of hydrogen-bond acceptors (Lipinski definition) is 7. The minimum atomic E-state index is -0.715. The summed E-state index contributed by atoms with van der Waals surface area (Å²) in [5.41, 5.74) is 0.735. The maximum absolute atomic E-state index is 13.1. The summed E-state index contributed by atoms with van der Waals surface area (Å²) in [4.78, 5) is 32.2. The van der Waals surface area contributed by atoms with Gasteiger partial charge in [0.15, 0.2) is 6.10 Å². The zero-order valence-corrected chi connectivity index (χ0v) is 18.9. The second-order valence-electron chi connectivity index (χ2n) is 8.50. The van der Waals surface area contributed by atoms with E-state index in [1.807, 2.05) is 35.0 Å². The molecule has 0 unspecified atom stereocenters. The van der Waals surface area contributed by atoms with Crippen LogP contribution in [0, 0.1) is 0 Å². The predicted octanol–water partition coefficient (Wildman–Crippen LogP) is 1.53. The Kier molecular flexibility index (Phi) is 5.97. The number of benzene rings is 1. The highest BCUT2D eigenvalue weighted by atomic mass is 16.5. The van der Waals surface area contributed by atoms with Crippen LogP contribution in [0.25, 0.3) is 0 Å². The van der Waals surface area contributed by atoms with E-state index in [1.165, 1.54) is 12.4 Å². The lowest BCUT2D eigenvalue weighted by Gasteiger charge is -2.45.